The lowest BCUT2D eigenvalue weighted by Gasteiger charge is -2.05. The molecule has 2 N–H and O–H groups in total. The lowest BCUT2D eigenvalue weighted by atomic mass is 10.3. The maximum atomic E-state index is 12.2. The molecule has 0 aliphatic heterocycles. The van der Waals surface area contributed by atoms with Crippen LogP contribution in [0.4, 0.5) is 19.0 Å². The van der Waals surface area contributed by atoms with E-state index in [1.807, 2.05) is 0 Å². The monoisotopic (exact) mass is 263 g/mol. The number of halogens is 4. The molecule has 0 radical (unpaired) electrons. The topological polar surface area (TPSA) is 69.6 Å². The third-order valence-electron chi connectivity index (χ3n) is 1.87. The van der Waals surface area contributed by atoms with Gasteiger partial charge in [0.15, 0.2) is 11.0 Å². The molecule has 0 aliphatic carbocycles. The Bertz CT molecular complexity index is 514. The quantitative estimate of drug-likeness (QED) is 0.853. The van der Waals surface area contributed by atoms with E-state index < -0.39 is 11.9 Å². The van der Waals surface area contributed by atoms with Gasteiger partial charge in [-0.3, -0.25) is 0 Å². The zero-order valence-corrected chi connectivity index (χ0v) is 8.87. The molecule has 9 heteroatoms. The SMILES string of the molecule is Nc1nn(-c2ccc(C(F)(F)F)nc2)nc1Cl. The number of aromatic nitrogens is 4. The smallest absolute Gasteiger partial charge is 0.380 e. The average Bonchev–Trinajstić information content (AvgIpc) is 2.58. The van der Waals surface area contributed by atoms with Crippen molar-refractivity contribution >= 4 is 17.4 Å². The Morgan fingerprint density at radius 1 is 1.24 bits per heavy atom. The van der Waals surface area contributed by atoms with Crippen LogP contribution in [0.25, 0.3) is 5.69 Å². The molecule has 0 bridgehead atoms. The van der Waals surface area contributed by atoms with Gasteiger partial charge in [0.2, 0.25) is 0 Å². The van der Waals surface area contributed by atoms with E-state index in [9.17, 15) is 13.2 Å². The molecule has 2 aromatic heterocycles. The van der Waals surface area contributed by atoms with Crippen molar-refractivity contribution < 1.29 is 13.2 Å². The largest absolute Gasteiger partial charge is 0.433 e. The summed E-state index contributed by atoms with van der Waals surface area (Å²) in [5, 5.41) is 7.38. The number of hydrogen-bond acceptors (Lipinski definition) is 4. The molecule has 0 aliphatic rings. The van der Waals surface area contributed by atoms with Crippen LogP contribution in [-0.4, -0.2) is 20.0 Å². The second kappa shape index (κ2) is 3.88. The van der Waals surface area contributed by atoms with E-state index in [2.05, 4.69) is 15.2 Å². The number of nitrogens with two attached hydrogens (primary N) is 1. The molecule has 0 amide bonds. The summed E-state index contributed by atoms with van der Waals surface area (Å²) in [6.07, 6.45) is -3.49. The third kappa shape index (κ3) is 2.31. The Hall–Kier alpha value is -1.83. The van der Waals surface area contributed by atoms with Gasteiger partial charge in [0.1, 0.15) is 11.4 Å². The Morgan fingerprint density at radius 3 is 2.35 bits per heavy atom. The fraction of sp³-hybridized carbons (Fsp3) is 0.125. The Kier molecular flexibility index (Phi) is 2.66. The predicted molar refractivity (Wildman–Crippen MR) is 53.6 cm³/mol. The van der Waals surface area contributed by atoms with E-state index in [4.69, 9.17) is 17.3 Å². The van der Waals surface area contributed by atoms with Crippen LogP contribution in [-0.2, 0) is 6.18 Å². The molecule has 0 aromatic carbocycles. The molecule has 2 rings (SSSR count). The van der Waals surface area contributed by atoms with Gasteiger partial charge < -0.3 is 5.73 Å². The number of nitrogen functional groups attached to an aromatic ring is 1. The highest BCUT2D eigenvalue weighted by Crippen LogP contribution is 2.27. The highest BCUT2D eigenvalue weighted by Gasteiger charge is 2.32. The number of alkyl halides is 3. The van der Waals surface area contributed by atoms with Crippen LogP contribution in [0.3, 0.4) is 0 Å². The van der Waals surface area contributed by atoms with Crippen molar-refractivity contribution in [1.82, 2.24) is 20.0 Å². The first-order valence-corrected chi connectivity index (χ1v) is 4.67. The van der Waals surface area contributed by atoms with E-state index >= 15 is 0 Å². The molecule has 0 fully saturated rings. The predicted octanol–water partition coefficient (Wildman–Crippen LogP) is 1.92. The second-order valence-electron chi connectivity index (χ2n) is 3.06. The van der Waals surface area contributed by atoms with Crippen molar-refractivity contribution in [3.8, 4) is 5.69 Å². The molecule has 0 spiro atoms. The van der Waals surface area contributed by atoms with Crippen molar-refractivity contribution in [2.45, 2.75) is 6.18 Å². The summed E-state index contributed by atoms with van der Waals surface area (Å²) in [4.78, 5) is 4.26. The van der Waals surface area contributed by atoms with Crippen LogP contribution in [0.15, 0.2) is 18.3 Å². The standard InChI is InChI=1S/C8H5ClF3N5/c9-6-7(13)16-17(15-6)4-1-2-5(14-3-4)8(10,11)12/h1-3H,(H2,13,16). The van der Waals surface area contributed by atoms with Crippen LogP contribution in [0.2, 0.25) is 5.15 Å². The number of rotatable bonds is 1. The van der Waals surface area contributed by atoms with Gasteiger partial charge in [-0.2, -0.15) is 13.2 Å². The lowest BCUT2D eigenvalue weighted by molar-refractivity contribution is -0.141. The summed E-state index contributed by atoms with van der Waals surface area (Å²) in [6.45, 7) is 0. The van der Waals surface area contributed by atoms with Crippen molar-refractivity contribution in [1.29, 1.82) is 0 Å². The van der Waals surface area contributed by atoms with Gasteiger partial charge in [0.05, 0.1) is 6.20 Å². The Balaban J connectivity index is 2.36. The van der Waals surface area contributed by atoms with Crippen LogP contribution < -0.4 is 5.73 Å². The maximum absolute atomic E-state index is 12.2. The maximum Gasteiger partial charge on any atom is 0.433 e. The van der Waals surface area contributed by atoms with Crippen molar-refractivity contribution in [3.63, 3.8) is 0 Å². The molecule has 5 nitrogen and oxygen atoms in total. The number of hydrogen-bond donors (Lipinski definition) is 1. The van der Waals surface area contributed by atoms with E-state index in [0.29, 0.717) is 0 Å². The van der Waals surface area contributed by atoms with Gasteiger partial charge in [-0.25, -0.2) is 4.98 Å². The van der Waals surface area contributed by atoms with Gasteiger partial charge in [-0.15, -0.1) is 15.0 Å². The van der Waals surface area contributed by atoms with Crippen LogP contribution >= 0.6 is 11.6 Å². The minimum Gasteiger partial charge on any atom is -0.380 e. The molecule has 0 unspecified atom stereocenters. The summed E-state index contributed by atoms with van der Waals surface area (Å²) in [5.41, 5.74) is 4.59. The summed E-state index contributed by atoms with van der Waals surface area (Å²) in [6, 6.07) is 1.99. The fourth-order valence-electron chi connectivity index (χ4n) is 1.09. The zero-order valence-electron chi connectivity index (χ0n) is 8.11. The Labute approximate surface area is 98.0 Å². The fourth-order valence-corrected chi connectivity index (χ4v) is 1.20. The number of pyridine rings is 1. The van der Waals surface area contributed by atoms with Gasteiger partial charge in [-0.05, 0) is 12.1 Å². The number of nitrogens with zero attached hydrogens (tertiary/aromatic N) is 4. The molecular formula is C8H5ClF3N5. The van der Waals surface area contributed by atoms with Crippen LogP contribution in [0.5, 0.6) is 0 Å². The summed E-state index contributed by atoms with van der Waals surface area (Å²) in [5.74, 6) is -0.00781. The highest BCUT2D eigenvalue weighted by atomic mass is 35.5. The summed E-state index contributed by atoms with van der Waals surface area (Å²) in [7, 11) is 0. The molecule has 0 atom stereocenters. The van der Waals surface area contributed by atoms with Gasteiger partial charge in [-0.1, -0.05) is 11.6 Å². The van der Waals surface area contributed by atoms with Gasteiger partial charge in [0.25, 0.3) is 0 Å². The van der Waals surface area contributed by atoms with E-state index in [1.54, 1.807) is 0 Å². The number of anilines is 1. The summed E-state index contributed by atoms with van der Waals surface area (Å²) >= 11 is 5.56. The van der Waals surface area contributed by atoms with Crippen LogP contribution in [0, 0.1) is 0 Å². The molecule has 17 heavy (non-hydrogen) atoms. The van der Waals surface area contributed by atoms with Crippen LogP contribution in [0.1, 0.15) is 5.69 Å². The zero-order chi connectivity index (χ0) is 12.6. The normalized spacial score (nSPS) is 11.8. The molecule has 2 heterocycles. The van der Waals surface area contributed by atoms with Gasteiger partial charge >= 0.3 is 6.18 Å². The van der Waals surface area contributed by atoms with Crippen molar-refractivity contribution in [2.24, 2.45) is 0 Å². The van der Waals surface area contributed by atoms with E-state index in [-0.39, 0.29) is 16.7 Å². The first kappa shape index (κ1) is 11.6. The van der Waals surface area contributed by atoms with E-state index in [1.165, 1.54) is 6.07 Å². The molecule has 0 saturated heterocycles. The van der Waals surface area contributed by atoms with Crippen molar-refractivity contribution in [3.05, 3.63) is 29.2 Å². The molecular weight excluding hydrogens is 259 g/mol. The Morgan fingerprint density at radius 2 is 1.94 bits per heavy atom. The van der Waals surface area contributed by atoms with Gasteiger partial charge in [0, 0.05) is 0 Å². The second-order valence-corrected chi connectivity index (χ2v) is 3.42. The lowest BCUT2D eigenvalue weighted by Crippen LogP contribution is -2.09. The third-order valence-corrected chi connectivity index (χ3v) is 2.13. The average molecular weight is 264 g/mol. The first-order chi connectivity index (χ1) is 7.88. The van der Waals surface area contributed by atoms with Crippen molar-refractivity contribution in [2.75, 3.05) is 5.73 Å². The molecule has 90 valence electrons. The minimum atomic E-state index is -4.48. The molecule has 0 saturated carbocycles. The van der Waals surface area contributed by atoms with E-state index in [0.717, 1.165) is 17.1 Å². The molecule has 2 aromatic rings. The first-order valence-electron chi connectivity index (χ1n) is 4.30. The highest BCUT2D eigenvalue weighted by molar-refractivity contribution is 6.31. The minimum absolute atomic E-state index is 0.00781. The summed E-state index contributed by atoms with van der Waals surface area (Å²) < 4.78 is 36.7.